The fourth-order valence-electron chi connectivity index (χ4n) is 8.20. The molecule has 1 atom stereocenters. The second-order valence-electron chi connectivity index (χ2n) is 14.3. The summed E-state index contributed by atoms with van der Waals surface area (Å²) in [5.74, 6) is 1.49. The van der Waals surface area contributed by atoms with Crippen LogP contribution in [-0.4, -0.2) is 30.0 Å². The standard InChI is InChI=1S/C50H50NO3P/c1-7-53-40-28-31-42(32-29-40)55(52,51(35(3)4)36(5)6)46-33-30-41(54-8-2)34-45(46)50-44-27-19-18-26-43(44)47(37-20-12-9-13-21-37)48(38-22-14-10-15-23-38)49(50)39-24-16-11-17-25-39/h9-36H,7-8H2,1-6H3. The first-order valence-corrected chi connectivity index (χ1v) is 21.1. The quantitative estimate of drug-likeness (QED) is 0.110. The highest BCUT2D eigenvalue weighted by atomic mass is 31.2. The molecular weight excluding hydrogens is 694 g/mol. The number of hydrogen-bond donors (Lipinski definition) is 0. The maximum Gasteiger partial charge on any atom is 0.208 e. The summed E-state index contributed by atoms with van der Waals surface area (Å²) in [6.07, 6.45) is 0. The molecule has 0 amide bonds. The third-order valence-corrected chi connectivity index (χ3v) is 13.8. The van der Waals surface area contributed by atoms with Crippen molar-refractivity contribution in [3.05, 3.63) is 158 Å². The van der Waals surface area contributed by atoms with Crippen LogP contribution in [0.25, 0.3) is 55.3 Å². The Morgan fingerprint density at radius 1 is 0.491 bits per heavy atom. The van der Waals surface area contributed by atoms with Gasteiger partial charge in [-0.25, -0.2) is 4.67 Å². The van der Waals surface area contributed by atoms with Crippen molar-refractivity contribution in [2.24, 2.45) is 0 Å². The minimum atomic E-state index is -3.55. The van der Waals surface area contributed by atoms with E-state index in [4.69, 9.17) is 9.47 Å². The number of rotatable bonds is 13. The van der Waals surface area contributed by atoms with Gasteiger partial charge in [0.2, 0.25) is 7.29 Å². The molecule has 0 heterocycles. The van der Waals surface area contributed by atoms with Gasteiger partial charge >= 0.3 is 0 Å². The van der Waals surface area contributed by atoms with Crippen LogP contribution in [0.15, 0.2) is 158 Å². The van der Waals surface area contributed by atoms with Gasteiger partial charge in [-0.15, -0.1) is 0 Å². The van der Waals surface area contributed by atoms with Crippen molar-refractivity contribution < 1.29 is 14.0 Å². The van der Waals surface area contributed by atoms with E-state index >= 15 is 4.57 Å². The molecule has 0 aromatic heterocycles. The molecule has 0 aliphatic heterocycles. The van der Waals surface area contributed by atoms with Gasteiger partial charge in [0.15, 0.2) is 0 Å². The van der Waals surface area contributed by atoms with Crippen LogP contribution in [0.4, 0.5) is 0 Å². The highest BCUT2D eigenvalue weighted by Gasteiger charge is 2.41. The lowest BCUT2D eigenvalue weighted by Crippen LogP contribution is -2.41. The molecule has 1 unspecified atom stereocenters. The van der Waals surface area contributed by atoms with Crippen LogP contribution in [0.5, 0.6) is 11.5 Å². The molecule has 55 heavy (non-hydrogen) atoms. The van der Waals surface area contributed by atoms with E-state index in [-0.39, 0.29) is 12.1 Å². The Morgan fingerprint density at radius 3 is 1.40 bits per heavy atom. The van der Waals surface area contributed by atoms with Gasteiger partial charge in [0.1, 0.15) is 11.5 Å². The SMILES string of the molecule is CCOc1ccc(P(=O)(c2ccc(OCC)cc2-c2c(-c3ccccc3)c(-c3ccccc3)c(-c3ccccc3)c3ccccc23)N(C(C)C)C(C)C)cc1. The normalized spacial score (nSPS) is 12.7. The van der Waals surface area contributed by atoms with E-state index in [9.17, 15) is 0 Å². The lowest BCUT2D eigenvalue weighted by molar-refractivity contribution is 0.307. The zero-order valence-electron chi connectivity index (χ0n) is 32.7. The highest BCUT2D eigenvalue weighted by molar-refractivity contribution is 7.76. The number of benzene rings is 7. The van der Waals surface area contributed by atoms with Gasteiger partial charge < -0.3 is 9.47 Å². The molecule has 7 rings (SSSR count). The van der Waals surface area contributed by atoms with Gasteiger partial charge in [-0.1, -0.05) is 115 Å². The monoisotopic (exact) mass is 743 g/mol. The van der Waals surface area contributed by atoms with Gasteiger partial charge in [0.25, 0.3) is 0 Å². The lowest BCUT2D eigenvalue weighted by Gasteiger charge is -2.39. The fourth-order valence-corrected chi connectivity index (χ4v) is 11.6. The summed E-state index contributed by atoms with van der Waals surface area (Å²) >= 11 is 0. The zero-order valence-corrected chi connectivity index (χ0v) is 33.6. The van der Waals surface area contributed by atoms with E-state index in [2.05, 4.69) is 160 Å². The Bertz CT molecular complexity index is 2420. The van der Waals surface area contributed by atoms with Crippen molar-refractivity contribution in [2.75, 3.05) is 13.2 Å². The van der Waals surface area contributed by atoms with E-state index in [1.807, 2.05) is 44.2 Å². The van der Waals surface area contributed by atoms with Crippen molar-refractivity contribution >= 4 is 28.7 Å². The molecule has 0 aliphatic carbocycles. The maximum absolute atomic E-state index is 16.8. The average Bonchev–Trinajstić information content (AvgIpc) is 3.21. The number of hydrogen-bond acceptors (Lipinski definition) is 3. The topological polar surface area (TPSA) is 38.8 Å². The van der Waals surface area contributed by atoms with Crippen LogP contribution in [0.2, 0.25) is 0 Å². The molecule has 0 saturated carbocycles. The Morgan fingerprint density at radius 2 is 0.909 bits per heavy atom. The molecule has 0 aliphatic rings. The third kappa shape index (κ3) is 7.25. The molecule has 4 nitrogen and oxygen atoms in total. The second-order valence-corrected chi connectivity index (χ2v) is 16.9. The molecule has 7 aromatic rings. The first kappa shape index (κ1) is 37.9. The number of ether oxygens (including phenoxy) is 2. The van der Waals surface area contributed by atoms with Crippen molar-refractivity contribution in [3.8, 4) is 56.0 Å². The zero-order chi connectivity index (χ0) is 38.5. The predicted octanol–water partition coefficient (Wildman–Crippen LogP) is 12.7. The fraction of sp³-hybridized carbons (Fsp3) is 0.200. The van der Waals surface area contributed by atoms with Gasteiger partial charge in [-0.3, -0.25) is 4.57 Å². The van der Waals surface area contributed by atoms with Gasteiger partial charge in [0, 0.05) is 22.7 Å². The van der Waals surface area contributed by atoms with Gasteiger partial charge in [-0.05, 0) is 139 Å². The smallest absolute Gasteiger partial charge is 0.208 e. The van der Waals surface area contributed by atoms with Crippen LogP contribution >= 0.6 is 7.29 Å². The first-order valence-electron chi connectivity index (χ1n) is 19.4. The summed E-state index contributed by atoms with van der Waals surface area (Å²) in [7, 11) is -3.55. The predicted molar refractivity (Wildman–Crippen MR) is 233 cm³/mol. The van der Waals surface area contributed by atoms with Crippen LogP contribution in [0.3, 0.4) is 0 Å². The Labute approximate surface area is 326 Å². The van der Waals surface area contributed by atoms with E-state index in [1.165, 1.54) is 0 Å². The maximum atomic E-state index is 16.8. The van der Waals surface area contributed by atoms with E-state index < -0.39 is 7.29 Å². The Hall–Kier alpha value is -5.41. The molecule has 0 fully saturated rings. The van der Waals surface area contributed by atoms with Crippen LogP contribution in [0, 0.1) is 0 Å². The lowest BCUT2D eigenvalue weighted by atomic mass is 9.79. The van der Waals surface area contributed by atoms with E-state index in [1.54, 1.807) is 0 Å². The summed E-state index contributed by atoms with van der Waals surface area (Å²) in [5.41, 5.74) is 8.60. The van der Waals surface area contributed by atoms with Crippen LogP contribution in [0.1, 0.15) is 41.5 Å². The minimum Gasteiger partial charge on any atom is -0.494 e. The second kappa shape index (κ2) is 16.5. The largest absolute Gasteiger partial charge is 0.494 e. The van der Waals surface area contributed by atoms with Crippen molar-refractivity contribution in [2.45, 2.75) is 53.6 Å². The van der Waals surface area contributed by atoms with E-state index in [0.717, 1.165) is 77.4 Å². The molecule has 7 aromatic carbocycles. The van der Waals surface area contributed by atoms with Crippen LogP contribution < -0.4 is 20.1 Å². The average molecular weight is 744 g/mol. The molecule has 0 bridgehead atoms. The Balaban J connectivity index is 1.72. The molecule has 5 heteroatoms. The molecule has 278 valence electrons. The Kier molecular flexibility index (Phi) is 11.4. The van der Waals surface area contributed by atoms with E-state index in [0.29, 0.717) is 13.2 Å². The summed E-state index contributed by atoms with van der Waals surface area (Å²) in [6, 6.07) is 54.8. The molecule has 0 N–H and O–H groups in total. The summed E-state index contributed by atoms with van der Waals surface area (Å²) < 4.78 is 31.2. The van der Waals surface area contributed by atoms with Crippen molar-refractivity contribution in [3.63, 3.8) is 0 Å². The molecular formula is C50H50NO3P. The first-order chi connectivity index (χ1) is 26.8. The van der Waals surface area contributed by atoms with Gasteiger partial charge in [0.05, 0.1) is 13.2 Å². The third-order valence-electron chi connectivity index (χ3n) is 10.2. The molecule has 0 saturated heterocycles. The summed E-state index contributed by atoms with van der Waals surface area (Å²) in [4.78, 5) is 0. The highest BCUT2D eigenvalue weighted by Crippen LogP contribution is 2.56. The summed E-state index contributed by atoms with van der Waals surface area (Å²) in [6.45, 7) is 13.6. The van der Waals surface area contributed by atoms with Crippen molar-refractivity contribution in [1.82, 2.24) is 4.67 Å². The van der Waals surface area contributed by atoms with Crippen LogP contribution in [-0.2, 0) is 4.57 Å². The van der Waals surface area contributed by atoms with Crippen molar-refractivity contribution in [1.29, 1.82) is 0 Å². The molecule has 0 radical (unpaired) electrons. The number of fused-ring (bicyclic) bond motifs is 1. The minimum absolute atomic E-state index is 0.0255. The van der Waals surface area contributed by atoms with Gasteiger partial charge in [-0.2, -0.15) is 0 Å². The molecule has 0 spiro atoms. The summed E-state index contributed by atoms with van der Waals surface area (Å²) in [5, 5.41) is 3.74. The number of nitrogens with zero attached hydrogens (tertiary/aromatic N) is 1.